The van der Waals surface area contributed by atoms with Crippen molar-refractivity contribution < 1.29 is 9.59 Å². The number of nitrogens with zero attached hydrogens (tertiary/aromatic N) is 2. The number of nitrogens with one attached hydrogen (secondary N) is 1. The number of H-pyrrole nitrogens is 1. The van der Waals surface area contributed by atoms with Crippen molar-refractivity contribution in [3.63, 3.8) is 0 Å². The second-order valence-electron chi connectivity index (χ2n) is 6.72. The molecule has 0 radical (unpaired) electrons. The molecule has 0 bridgehead atoms. The average Bonchev–Trinajstić information content (AvgIpc) is 3.13. The van der Waals surface area contributed by atoms with Gasteiger partial charge in [0, 0.05) is 53.3 Å². The number of amides is 1. The Morgan fingerprint density at radius 2 is 1.63 bits per heavy atom. The highest BCUT2D eigenvalue weighted by Gasteiger charge is 2.25. The second kappa shape index (κ2) is 7.66. The van der Waals surface area contributed by atoms with Crippen LogP contribution in [0.5, 0.6) is 0 Å². The lowest BCUT2D eigenvalue weighted by Crippen LogP contribution is -2.50. The quantitative estimate of drug-likeness (QED) is 0.649. The summed E-state index contributed by atoms with van der Waals surface area (Å²) < 4.78 is 0.812. The van der Waals surface area contributed by atoms with E-state index in [4.69, 9.17) is 0 Å². The lowest BCUT2D eigenvalue weighted by molar-refractivity contribution is 0.0624. The Morgan fingerprint density at radius 3 is 2.41 bits per heavy atom. The van der Waals surface area contributed by atoms with Gasteiger partial charge in [0.25, 0.3) is 5.91 Å². The molecular formula is C21H20BrN3O2. The zero-order chi connectivity index (χ0) is 18.8. The van der Waals surface area contributed by atoms with Crippen LogP contribution in [0.15, 0.2) is 59.2 Å². The number of ketones is 1. The summed E-state index contributed by atoms with van der Waals surface area (Å²) in [5.41, 5.74) is 2.39. The Morgan fingerprint density at radius 1 is 0.926 bits per heavy atom. The number of halogens is 1. The minimum Gasteiger partial charge on any atom is -0.360 e. The Kier molecular flexibility index (Phi) is 5.09. The first-order valence-electron chi connectivity index (χ1n) is 8.99. The summed E-state index contributed by atoms with van der Waals surface area (Å²) in [5.74, 6) is 0.142. The molecule has 138 valence electrons. The normalized spacial score (nSPS) is 15.2. The molecule has 0 saturated carbocycles. The van der Waals surface area contributed by atoms with Crippen LogP contribution in [-0.2, 0) is 0 Å². The van der Waals surface area contributed by atoms with Gasteiger partial charge in [-0.25, -0.2) is 0 Å². The molecule has 1 aliphatic rings. The summed E-state index contributed by atoms with van der Waals surface area (Å²) in [4.78, 5) is 32.5. The molecule has 5 nitrogen and oxygen atoms in total. The molecule has 2 aromatic carbocycles. The molecule has 1 N–H and O–H groups in total. The molecule has 0 spiro atoms. The van der Waals surface area contributed by atoms with E-state index in [0.717, 1.165) is 20.9 Å². The molecule has 27 heavy (non-hydrogen) atoms. The number of aromatic nitrogens is 1. The average molecular weight is 426 g/mol. The van der Waals surface area contributed by atoms with Gasteiger partial charge in [0.1, 0.15) is 0 Å². The lowest BCUT2D eigenvalue weighted by Gasteiger charge is -2.34. The zero-order valence-electron chi connectivity index (χ0n) is 14.8. The molecule has 0 atom stereocenters. The highest BCUT2D eigenvalue weighted by Crippen LogP contribution is 2.20. The standard InChI is InChI=1S/C21H20BrN3O2/c22-18-7-3-1-6-16(18)21(27)25-11-9-24(10-12-25)14-20(26)17-13-23-19-8-4-2-5-15(17)19/h1-8,13,23H,9-12,14H2. The van der Waals surface area contributed by atoms with Gasteiger partial charge in [0.05, 0.1) is 12.1 Å². The molecule has 4 rings (SSSR count). The number of hydrogen-bond donors (Lipinski definition) is 1. The van der Waals surface area contributed by atoms with E-state index >= 15 is 0 Å². The van der Waals surface area contributed by atoms with Crippen LogP contribution in [0, 0.1) is 0 Å². The minimum atomic E-state index is 0.0325. The molecule has 1 fully saturated rings. The molecular weight excluding hydrogens is 406 g/mol. The fourth-order valence-electron chi connectivity index (χ4n) is 3.50. The molecule has 0 unspecified atom stereocenters. The summed E-state index contributed by atoms with van der Waals surface area (Å²) in [6.45, 7) is 3.02. The first-order chi connectivity index (χ1) is 13.1. The summed E-state index contributed by atoms with van der Waals surface area (Å²) in [6.07, 6.45) is 1.79. The summed E-state index contributed by atoms with van der Waals surface area (Å²) in [6, 6.07) is 15.3. The first-order valence-corrected chi connectivity index (χ1v) is 9.78. The SMILES string of the molecule is O=C(CN1CCN(C(=O)c2ccccc2Br)CC1)c1c[nH]c2ccccc12. The van der Waals surface area contributed by atoms with Crippen LogP contribution >= 0.6 is 15.9 Å². The van der Waals surface area contributed by atoms with Gasteiger partial charge in [-0.3, -0.25) is 14.5 Å². The van der Waals surface area contributed by atoms with Gasteiger partial charge in [-0.15, -0.1) is 0 Å². The maximum Gasteiger partial charge on any atom is 0.255 e. The highest BCUT2D eigenvalue weighted by molar-refractivity contribution is 9.10. The van der Waals surface area contributed by atoms with Crippen molar-refractivity contribution in [1.29, 1.82) is 0 Å². The fraction of sp³-hybridized carbons (Fsp3) is 0.238. The summed E-state index contributed by atoms with van der Waals surface area (Å²) in [7, 11) is 0. The Labute approximate surface area is 166 Å². The van der Waals surface area contributed by atoms with E-state index in [0.29, 0.717) is 38.3 Å². The third-order valence-electron chi connectivity index (χ3n) is 5.02. The number of benzene rings is 2. The van der Waals surface area contributed by atoms with E-state index in [-0.39, 0.29) is 11.7 Å². The van der Waals surface area contributed by atoms with Gasteiger partial charge in [0.2, 0.25) is 0 Å². The van der Waals surface area contributed by atoms with Crippen LogP contribution in [0.25, 0.3) is 10.9 Å². The van der Waals surface area contributed by atoms with Crippen molar-refractivity contribution in [3.05, 3.63) is 70.3 Å². The molecule has 1 saturated heterocycles. The lowest BCUT2D eigenvalue weighted by atomic mass is 10.1. The minimum absolute atomic E-state index is 0.0325. The smallest absolute Gasteiger partial charge is 0.255 e. The maximum absolute atomic E-state index is 12.7. The number of carbonyl (C=O) groups excluding carboxylic acids is 2. The first kappa shape index (κ1) is 17.9. The fourth-order valence-corrected chi connectivity index (χ4v) is 3.96. The van der Waals surface area contributed by atoms with Crippen LogP contribution in [0.4, 0.5) is 0 Å². The number of carbonyl (C=O) groups is 2. The monoisotopic (exact) mass is 425 g/mol. The van der Waals surface area contributed by atoms with Crippen LogP contribution < -0.4 is 0 Å². The molecule has 2 heterocycles. The van der Waals surface area contributed by atoms with Crippen molar-refractivity contribution in [2.45, 2.75) is 0 Å². The predicted molar refractivity (Wildman–Crippen MR) is 109 cm³/mol. The van der Waals surface area contributed by atoms with Crippen LogP contribution in [0.2, 0.25) is 0 Å². The third-order valence-corrected chi connectivity index (χ3v) is 5.71. The van der Waals surface area contributed by atoms with E-state index in [1.54, 1.807) is 6.20 Å². The Balaban J connectivity index is 1.37. The van der Waals surface area contributed by atoms with Crippen molar-refractivity contribution in [1.82, 2.24) is 14.8 Å². The van der Waals surface area contributed by atoms with E-state index < -0.39 is 0 Å². The third kappa shape index (κ3) is 3.68. The summed E-state index contributed by atoms with van der Waals surface area (Å²) in [5, 5.41) is 0.963. The van der Waals surface area contributed by atoms with Crippen LogP contribution in [-0.4, -0.2) is 59.2 Å². The molecule has 1 aromatic heterocycles. The van der Waals surface area contributed by atoms with Crippen molar-refractivity contribution in [2.75, 3.05) is 32.7 Å². The molecule has 3 aromatic rings. The predicted octanol–water partition coefficient (Wildman–Crippen LogP) is 3.57. The number of Topliss-reactive ketones (excluding diaryl/α,β-unsaturated/α-hetero) is 1. The topological polar surface area (TPSA) is 56.4 Å². The number of para-hydroxylation sites is 1. The molecule has 1 aliphatic heterocycles. The largest absolute Gasteiger partial charge is 0.360 e. The number of fused-ring (bicyclic) bond motifs is 1. The van der Waals surface area contributed by atoms with Gasteiger partial charge in [-0.1, -0.05) is 30.3 Å². The van der Waals surface area contributed by atoms with E-state index in [9.17, 15) is 9.59 Å². The van der Waals surface area contributed by atoms with E-state index in [1.807, 2.05) is 53.4 Å². The van der Waals surface area contributed by atoms with E-state index in [1.165, 1.54) is 0 Å². The van der Waals surface area contributed by atoms with Gasteiger partial charge >= 0.3 is 0 Å². The van der Waals surface area contributed by atoms with Gasteiger partial charge < -0.3 is 9.88 Å². The summed E-state index contributed by atoms with van der Waals surface area (Å²) >= 11 is 3.44. The van der Waals surface area contributed by atoms with Gasteiger partial charge in [-0.05, 0) is 34.1 Å². The van der Waals surface area contributed by atoms with Gasteiger partial charge in [-0.2, -0.15) is 0 Å². The number of aromatic amines is 1. The zero-order valence-corrected chi connectivity index (χ0v) is 16.4. The van der Waals surface area contributed by atoms with E-state index in [2.05, 4.69) is 25.8 Å². The number of hydrogen-bond acceptors (Lipinski definition) is 3. The molecule has 6 heteroatoms. The van der Waals surface area contributed by atoms with Crippen molar-refractivity contribution >= 4 is 38.5 Å². The number of piperazine rings is 1. The molecule has 0 aliphatic carbocycles. The Hall–Kier alpha value is -2.44. The highest BCUT2D eigenvalue weighted by atomic mass is 79.9. The van der Waals surface area contributed by atoms with Crippen LogP contribution in [0.1, 0.15) is 20.7 Å². The molecule has 1 amide bonds. The Bertz CT molecular complexity index is 990. The number of rotatable bonds is 4. The second-order valence-corrected chi connectivity index (χ2v) is 7.57. The van der Waals surface area contributed by atoms with Crippen LogP contribution in [0.3, 0.4) is 0 Å². The van der Waals surface area contributed by atoms with Crippen molar-refractivity contribution in [3.8, 4) is 0 Å². The maximum atomic E-state index is 12.7. The van der Waals surface area contributed by atoms with Crippen molar-refractivity contribution in [2.24, 2.45) is 0 Å². The van der Waals surface area contributed by atoms with Gasteiger partial charge in [0.15, 0.2) is 5.78 Å².